The first-order chi connectivity index (χ1) is 8.59. The van der Waals surface area contributed by atoms with Crippen molar-refractivity contribution in [1.82, 2.24) is 9.78 Å². The van der Waals surface area contributed by atoms with Crippen LogP contribution >= 0.6 is 12.2 Å². The molecule has 0 unspecified atom stereocenters. The molecule has 2 rings (SSSR count). The van der Waals surface area contributed by atoms with Gasteiger partial charge in [-0.1, -0.05) is 42.5 Å². The lowest BCUT2D eigenvalue weighted by molar-refractivity contribution is 0.278. The minimum Gasteiger partial charge on any atom is -0.472 e. The molecule has 0 fully saturated rings. The predicted octanol–water partition coefficient (Wildman–Crippen LogP) is 1.94. The van der Waals surface area contributed by atoms with Gasteiger partial charge in [-0.25, -0.2) is 4.68 Å². The number of aromatic nitrogens is 2. The van der Waals surface area contributed by atoms with Gasteiger partial charge in [-0.15, -0.1) is 0 Å². The Morgan fingerprint density at radius 1 is 1.39 bits per heavy atom. The molecule has 0 aliphatic carbocycles. The van der Waals surface area contributed by atoms with Crippen molar-refractivity contribution in [3.63, 3.8) is 0 Å². The topological polar surface area (TPSA) is 53.1 Å². The normalized spacial score (nSPS) is 10.3. The standard InChI is InChI=1S/C13H15N3OS/c1-9-11(12(14)18)13(16(2)15-9)17-8-10-6-4-3-5-7-10/h3-7H,8H2,1-2H3,(H2,14,18). The monoisotopic (exact) mass is 261 g/mol. The number of benzene rings is 1. The van der Waals surface area contributed by atoms with Crippen LogP contribution in [0.4, 0.5) is 0 Å². The summed E-state index contributed by atoms with van der Waals surface area (Å²) in [6, 6.07) is 9.93. The molecule has 0 saturated carbocycles. The Hall–Kier alpha value is -1.88. The van der Waals surface area contributed by atoms with Gasteiger partial charge < -0.3 is 10.5 Å². The van der Waals surface area contributed by atoms with Crippen molar-refractivity contribution in [3.8, 4) is 5.88 Å². The van der Waals surface area contributed by atoms with Crippen molar-refractivity contribution >= 4 is 17.2 Å². The van der Waals surface area contributed by atoms with Crippen molar-refractivity contribution < 1.29 is 4.74 Å². The third kappa shape index (κ3) is 2.51. The van der Waals surface area contributed by atoms with Crippen LogP contribution in [0.1, 0.15) is 16.8 Å². The van der Waals surface area contributed by atoms with Crippen LogP contribution in [0, 0.1) is 6.92 Å². The Morgan fingerprint density at radius 3 is 2.67 bits per heavy atom. The zero-order valence-electron chi connectivity index (χ0n) is 10.4. The number of hydrogen-bond acceptors (Lipinski definition) is 3. The van der Waals surface area contributed by atoms with Crippen molar-refractivity contribution in [2.24, 2.45) is 12.8 Å². The van der Waals surface area contributed by atoms with Gasteiger partial charge >= 0.3 is 0 Å². The number of hydrogen-bond donors (Lipinski definition) is 1. The molecule has 5 heteroatoms. The molecular formula is C13H15N3OS. The highest BCUT2D eigenvalue weighted by atomic mass is 32.1. The summed E-state index contributed by atoms with van der Waals surface area (Å²) in [6.45, 7) is 2.33. The number of rotatable bonds is 4. The summed E-state index contributed by atoms with van der Waals surface area (Å²) in [5.74, 6) is 0.615. The smallest absolute Gasteiger partial charge is 0.222 e. The van der Waals surface area contributed by atoms with E-state index in [0.717, 1.165) is 11.3 Å². The number of nitrogens with zero attached hydrogens (tertiary/aromatic N) is 2. The maximum Gasteiger partial charge on any atom is 0.222 e. The van der Waals surface area contributed by atoms with Gasteiger partial charge in [0, 0.05) is 7.05 Å². The SMILES string of the molecule is Cc1nn(C)c(OCc2ccccc2)c1C(N)=S. The Labute approximate surface area is 111 Å². The van der Waals surface area contributed by atoms with Gasteiger partial charge in [0.25, 0.3) is 0 Å². The van der Waals surface area contributed by atoms with Gasteiger partial charge in [0.15, 0.2) is 0 Å². The van der Waals surface area contributed by atoms with Crippen LogP contribution in [0.5, 0.6) is 5.88 Å². The first-order valence-corrected chi connectivity index (χ1v) is 6.00. The van der Waals surface area contributed by atoms with Crippen LogP contribution in [0.25, 0.3) is 0 Å². The Bertz CT molecular complexity index is 563. The summed E-state index contributed by atoms with van der Waals surface area (Å²) < 4.78 is 7.43. The molecule has 0 atom stereocenters. The fourth-order valence-corrected chi connectivity index (χ4v) is 2.05. The van der Waals surface area contributed by atoms with Gasteiger partial charge in [0.2, 0.25) is 5.88 Å². The molecule has 0 radical (unpaired) electrons. The van der Waals surface area contributed by atoms with E-state index in [2.05, 4.69) is 5.10 Å². The molecule has 0 aliphatic rings. The first-order valence-electron chi connectivity index (χ1n) is 5.59. The summed E-state index contributed by atoms with van der Waals surface area (Å²) in [5, 5.41) is 4.27. The Morgan fingerprint density at radius 2 is 2.06 bits per heavy atom. The van der Waals surface area contributed by atoms with E-state index in [9.17, 15) is 0 Å². The maximum absolute atomic E-state index is 5.77. The molecule has 94 valence electrons. The van der Waals surface area contributed by atoms with Crippen LogP contribution in [0.2, 0.25) is 0 Å². The molecular weight excluding hydrogens is 246 g/mol. The maximum atomic E-state index is 5.77. The highest BCUT2D eigenvalue weighted by molar-refractivity contribution is 7.80. The molecule has 0 spiro atoms. The summed E-state index contributed by atoms with van der Waals surface area (Å²) in [7, 11) is 1.81. The Kier molecular flexibility index (Phi) is 3.62. The second-order valence-electron chi connectivity index (χ2n) is 4.03. The van der Waals surface area contributed by atoms with Crippen LogP contribution in [0.3, 0.4) is 0 Å². The predicted molar refractivity (Wildman–Crippen MR) is 74.6 cm³/mol. The average Bonchev–Trinajstić information content (AvgIpc) is 2.62. The van der Waals surface area contributed by atoms with Crippen LogP contribution in [0.15, 0.2) is 30.3 Å². The van der Waals surface area contributed by atoms with Crippen LogP contribution in [-0.2, 0) is 13.7 Å². The summed E-state index contributed by atoms with van der Waals surface area (Å²) >= 11 is 5.03. The molecule has 0 bridgehead atoms. The van der Waals surface area contributed by atoms with Crippen molar-refractivity contribution in [2.75, 3.05) is 0 Å². The summed E-state index contributed by atoms with van der Waals surface area (Å²) in [5.41, 5.74) is 8.28. The fraction of sp³-hybridized carbons (Fsp3) is 0.231. The van der Waals surface area contributed by atoms with E-state index in [0.29, 0.717) is 23.0 Å². The quantitative estimate of drug-likeness (QED) is 0.855. The molecule has 1 aromatic carbocycles. The average molecular weight is 261 g/mol. The molecule has 18 heavy (non-hydrogen) atoms. The number of ether oxygens (including phenoxy) is 1. The fourth-order valence-electron chi connectivity index (χ4n) is 1.81. The van der Waals surface area contributed by atoms with Crippen LogP contribution < -0.4 is 10.5 Å². The van der Waals surface area contributed by atoms with E-state index in [4.69, 9.17) is 22.7 Å². The first kappa shape index (κ1) is 12.6. The number of aryl methyl sites for hydroxylation is 2. The van der Waals surface area contributed by atoms with Gasteiger partial charge in [-0.3, -0.25) is 0 Å². The summed E-state index contributed by atoms with van der Waals surface area (Å²) in [4.78, 5) is 0.309. The third-order valence-electron chi connectivity index (χ3n) is 2.63. The largest absolute Gasteiger partial charge is 0.472 e. The molecule has 0 saturated heterocycles. The molecule has 4 nitrogen and oxygen atoms in total. The van der Waals surface area contributed by atoms with Crippen molar-refractivity contribution in [3.05, 3.63) is 47.2 Å². The molecule has 1 heterocycles. The molecule has 2 N–H and O–H groups in total. The zero-order chi connectivity index (χ0) is 13.1. The lowest BCUT2D eigenvalue weighted by Gasteiger charge is -2.08. The lowest BCUT2D eigenvalue weighted by Crippen LogP contribution is -2.12. The van der Waals surface area contributed by atoms with Gasteiger partial charge in [-0.2, -0.15) is 5.10 Å². The Balaban J connectivity index is 2.22. The number of nitrogens with two attached hydrogens (primary N) is 1. The lowest BCUT2D eigenvalue weighted by atomic mass is 10.2. The second kappa shape index (κ2) is 5.18. The van der Waals surface area contributed by atoms with E-state index in [1.807, 2.05) is 44.3 Å². The molecule has 0 amide bonds. The minimum absolute atomic E-state index is 0.309. The second-order valence-corrected chi connectivity index (χ2v) is 4.47. The zero-order valence-corrected chi connectivity index (χ0v) is 11.2. The van der Waals surface area contributed by atoms with Gasteiger partial charge in [0.1, 0.15) is 11.6 Å². The third-order valence-corrected chi connectivity index (χ3v) is 2.84. The molecule has 1 aromatic heterocycles. The summed E-state index contributed by atoms with van der Waals surface area (Å²) in [6.07, 6.45) is 0. The number of thiocarbonyl (C=S) groups is 1. The highest BCUT2D eigenvalue weighted by Gasteiger charge is 2.16. The van der Waals surface area contributed by atoms with Crippen LogP contribution in [-0.4, -0.2) is 14.8 Å². The van der Waals surface area contributed by atoms with E-state index in [1.54, 1.807) is 4.68 Å². The molecule has 0 aliphatic heterocycles. The van der Waals surface area contributed by atoms with Crippen molar-refractivity contribution in [1.29, 1.82) is 0 Å². The highest BCUT2D eigenvalue weighted by Crippen LogP contribution is 2.22. The van der Waals surface area contributed by atoms with E-state index < -0.39 is 0 Å². The van der Waals surface area contributed by atoms with Gasteiger partial charge in [-0.05, 0) is 12.5 Å². The van der Waals surface area contributed by atoms with E-state index in [1.165, 1.54) is 0 Å². The minimum atomic E-state index is 0.309. The van der Waals surface area contributed by atoms with E-state index >= 15 is 0 Å². The molecule has 2 aromatic rings. The van der Waals surface area contributed by atoms with Gasteiger partial charge in [0.05, 0.1) is 11.3 Å². The van der Waals surface area contributed by atoms with E-state index in [-0.39, 0.29) is 0 Å². The van der Waals surface area contributed by atoms with Crippen molar-refractivity contribution in [2.45, 2.75) is 13.5 Å².